The van der Waals surface area contributed by atoms with E-state index in [9.17, 15) is 4.39 Å². The number of nitrogens with one attached hydrogen (secondary N) is 1. The molecular weight excluding hydrogens is 411 g/mol. The third-order valence-corrected chi connectivity index (χ3v) is 6.01. The lowest BCUT2D eigenvalue weighted by Crippen LogP contribution is -2.06. The third kappa shape index (κ3) is 4.04. The van der Waals surface area contributed by atoms with E-state index in [0.717, 1.165) is 40.7 Å². The molecule has 0 aliphatic carbocycles. The summed E-state index contributed by atoms with van der Waals surface area (Å²) < 4.78 is 20.6. The van der Waals surface area contributed by atoms with Gasteiger partial charge in [0, 0.05) is 29.2 Å². The fraction of sp³-hybridized carbons (Fsp3) is 0.125. The average molecular weight is 431 g/mol. The standard InChI is InChI=1S/C24H19FN4OS/c25-20-13-26-11-8-18(20)23-28-21-19(17-9-12-30-14-17)15-31-22(21)24(29-23)27-10-4-7-16-5-2-1-3-6-16/h1-3,5-6,8-9,11-15H,4,7,10H2,(H,27,28,29). The summed E-state index contributed by atoms with van der Waals surface area (Å²) in [5.41, 5.74) is 4.28. The smallest absolute Gasteiger partial charge is 0.165 e. The van der Waals surface area contributed by atoms with Crippen molar-refractivity contribution in [2.24, 2.45) is 0 Å². The van der Waals surface area contributed by atoms with E-state index in [0.29, 0.717) is 17.2 Å². The summed E-state index contributed by atoms with van der Waals surface area (Å²) in [7, 11) is 0. The minimum Gasteiger partial charge on any atom is -0.472 e. The Hall–Kier alpha value is -3.58. The molecule has 0 saturated carbocycles. The zero-order chi connectivity index (χ0) is 21.0. The van der Waals surface area contributed by atoms with Gasteiger partial charge in [-0.3, -0.25) is 4.98 Å². The lowest BCUT2D eigenvalue weighted by atomic mass is 10.1. The van der Waals surface area contributed by atoms with Crippen molar-refractivity contribution in [3.63, 3.8) is 0 Å². The van der Waals surface area contributed by atoms with Gasteiger partial charge in [0.25, 0.3) is 0 Å². The van der Waals surface area contributed by atoms with Crippen molar-refractivity contribution in [1.29, 1.82) is 0 Å². The molecule has 0 atom stereocenters. The maximum absolute atomic E-state index is 14.4. The highest BCUT2D eigenvalue weighted by Crippen LogP contribution is 2.37. The summed E-state index contributed by atoms with van der Waals surface area (Å²) in [4.78, 5) is 13.2. The van der Waals surface area contributed by atoms with Crippen molar-refractivity contribution >= 4 is 27.4 Å². The number of nitrogens with zero attached hydrogens (tertiary/aromatic N) is 3. The highest BCUT2D eigenvalue weighted by atomic mass is 32.1. The Kier molecular flexibility index (Phi) is 5.41. The van der Waals surface area contributed by atoms with Crippen LogP contribution in [0.5, 0.6) is 0 Å². The number of aryl methyl sites for hydroxylation is 1. The molecule has 0 aliphatic heterocycles. The first-order valence-electron chi connectivity index (χ1n) is 9.99. The topological polar surface area (TPSA) is 63.8 Å². The molecule has 5 aromatic rings. The number of rotatable bonds is 7. The van der Waals surface area contributed by atoms with E-state index in [-0.39, 0.29) is 0 Å². The van der Waals surface area contributed by atoms with Gasteiger partial charge in [0.15, 0.2) is 11.6 Å². The molecule has 1 N–H and O–H groups in total. The Balaban J connectivity index is 1.49. The number of anilines is 1. The third-order valence-electron chi connectivity index (χ3n) is 5.04. The lowest BCUT2D eigenvalue weighted by molar-refractivity contribution is 0.568. The summed E-state index contributed by atoms with van der Waals surface area (Å²) >= 11 is 1.57. The molecule has 0 spiro atoms. The van der Waals surface area contributed by atoms with Crippen LogP contribution in [0.15, 0.2) is 77.2 Å². The molecule has 1 aromatic carbocycles. The molecule has 5 rings (SSSR count). The number of hydrogen-bond acceptors (Lipinski definition) is 6. The van der Waals surface area contributed by atoms with Gasteiger partial charge < -0.3 is 9.73 Å². The van der Waals surface area contributed by atoms with Crippen LogP contribution in [0.3, 0.4) is 0 Å². The normalized spacial score (nSPS) is 11.1. The number of halogens is 1. The Morgan fingerprint density at radius 1 is 1.03 bits per heavy atom. The predicted molar refractivity (Wildman–Crippen MR) is 122 cm³/mol. The maximum atomic E-state index is 14.4. The van der Waals surface area contributed by atoms with E-state index in [4.69, 9.17) is 9.40 Å². The summed E-state index contributed by atoms with van der Waals surface area (Å²) in [5, 5.41) is 5.48. The molecular formula is C24H19FN4OS. The second-order valence-corrected chi connectivity index (χ2v) is 7.99. The van der Waals surface area contributed by atoms with Crippen LogP contribution >= 0.6 is 11.3 Å². The van der Waals surface area contributed by atoms with Crippen LogP contribution in [0.1, 0.15) is 12.0 Å². The summed E-state index contributed by atoms with van der Waals surface area (Å²) in [6.07, 6.45) is 7.96. The molecule has 0 aliphatic rings. The van der Waals surface area contributed by atoms with E-state index < -0.39 is 5.82 Å². The number of benzene rings is 1. The highest BCUT2D eigenvalue weighted by Gasteiger charge is 2.18. The summed E-state index contributed by atoms with van der Waals surface area (Å²) in [6.45, 7) is 0.748. The Morgan fingerprint density at radius 3 is 2.74 bits per heavy atom. The van der Waals surface area contributed by atoms with E-state index in [1.165, 1.54) is 11.8 Å². The molecule has 31 heavy (non-hydrogen) atoms. The van der Waals surface area contributed by atoms with Crippen LogP contribution in [-0.2, 0) is 6.42 Å². The molecule has 154 valence electrons. The number of furan rings is 1. The minimum atomic E-state index is -0.447. The van der Waals surface area contributed by atoms with Gasteiger partial charge >= 0.3 is 0 Å². The molecule has 4 aromatic heterocycles. The Morgan fingerprint density at radius 2 is 1.94 bits per heavy atom. The van der Waals surface area contributed by atoms with E-state index in [1.807, 2.05) is 17.5 Å². The van der Waals surface area contributed by atoms with Gasteiger partial charge in [0.05, 0.1) is 34.5 Å². The average Bonchev–Trinajstić information content (AvgIpc) is 3.47. The lowest BCUT2D eigenvalue weighted by Gasteiger charge is -2.10. The molecule has 0 amide bonds. The van der Waals surface area contributed by atoms with Crippen molar-refractivity contribution in [2.45, 2.75) is 12.8 Å². The molecule has 5 nitrogen and oxygen atoms in total. The van der Waals surface area contributed by atoms with Gasteiger partial charge in [-0.05, 0) is 30.5 Å². The van der Waals surface area contributed by atoms with Crippen molar-refractivity contribution in [2.75, 3.05) is 11.9 Å². The zero-order valence-electron chi connectivity index (χ0n) is 16.6. The van der Waals surface area contributed by atoms with E-state index in [1.54, 1.807) is 36.1 Å². The van der Waals surface area contributed by atoms with Crippen molar-refractivity contribution < 1.29 is 8.81 Å². The van der Waals surface area contributed by atoms with Gasteiger partial charge in [-0.25, -0.2) is 14.4 Å². The monoisotopic (exact) mass is 430 g/mol. The zero-order valence-corrected chi connectivity index (χ0v) is 17.4. The van der Waals surface area contributed by atoms with Crippen LogP contribution < -0.4 is 5.32 Å². The Bertz CT molecular complexity index is 1300. The quantitative estimate of drug-likeness (QED) is 0.312. The molecule has 0 unspecified atom stereocenters. The second kappa shape index (κ2) is 8.65. The van der Waals surface area contributed by atoms with Crippen molar-refractivity contribution in [3.05, 3.63) is 84.1 Å². The van der Waals surface area contributed by atoms with Crippen LogP contribution in [0.4, 0.5) is 10.2 Å². The fourth-order valence-corrected chi connectivity index (χ4v) is 4.46. The Labute approximate surface area is 182 Å². The van der Waals surface area contributed by atoms with Crippen molar-refractivity contribution in [3.8, 4) is 22.5 Å². The van der Waals surface area contributed by atoms with Gasteiger partial charge in [-0.2, -0.15) is 0 Å². The second-order valence-electron chi connectivity index (χ2n) is 7.11. The van der Waals surface area contributed by atoms with Crippen LogP contribution in [0, 0.1) is 5.82 Å². The molecule has 7 heteroatoms. The van der Waals surface area contributed by atoms with Crippen LogP contribution in [0.2, 0.25) is 0 Å². The van der Waals surface area contributed by atoms with Crippen LogP contribution in [0.25, 0.3) is 32.7 Å². The molecule has 0 saturated heterocycles. The number of thiophene rings is 1. The first-order valence-corrected chi connectivity index (χ1v) is 10.9. The summed E-state index contributed by atoms with van der Waals surface area (Å²) in [6, 6.07) is 13.9. The molecule has 0 fully saturated rings. The minimum absolute atomic E-state index is 0.327. The first kappa shape index (κ1) is 19.4. The maximum Gasteiger partial charge on any atom is 0.165 e. The van der Waals surface area contributed by atoms with E-state index >= 15 is 0 Å². The van der Waals surface area contributed by atoms with Crippen molar-refractivity contribution in [1.82, 2.24) is 15.0 Å². The van der Waals surface area contributed by atoms with Gasteiger partial charge in [0.1, 0.15) is 5.82 Å². The summed E-state index contributed by atoms with van der Waals surface area (Å²) in [5.74, 6) is 0.599. The fourth-order valence-electron chi connectivity index (χ4n) is 3.48. The largest absolute Gasteiger partial charge is 0.472 e. The van der Waals surface area contributed by atoms with Crippen LogP contribution in [-0.4, -0.2) is 21.5 Å². The van der Waals surface area contributed by atoms with Gasteiger partial charge in [-0.15, -0.1) is 11.3 Å². The van der Waals surface area contributed by atoms with E-state index in [2.05, 4.69) is 39.6 Å². The number of fused-ring (bicyclic) bond motifs is 1. The number of hydrogen-bond donors (Lipinski definition) is 1. The van der Waals surface area contributed by atoms with Gasteiger partial charge in [-0.1, -0.05) is 30.3 Å². The first-order chi connectivity index (χ1) is 15.3. The number of aromatic nitrogens is 3. The molecule has 0 bridgehead atoms. The SMILES string of the molecule is Fc1cnccc1-c1nc(NCCCc2ccccc2)c2scc(-c3ccoc3)c2n1. The molecule has 0 radical (unpaired) electrons. The predicted octanol–water partition coefficient (Wildman–Crippen LogP) is 6.20. The highest BCUT2D eigenvalue weighted by molar-refractivity contribution is 7.18. The number of pyridine rings is 1. The molecule has 4 heterocycles. The van der Waals surface area contributed by atoms with Gasteiger partial charge in [0.2, 0.25) is 0 Å².